The summed E-state index contributed by atoms with van der Waals surface area (Å²) in [6, 6.07) is 14.2. The third-order valence-corrected chi connectivity index (χ3v) is 2.21. The topological polar surface area (TPSA) is 54.2 Å². The molecule has 4 heteroatoms. The van der Waals surface area contributed by atoms with Crippen LogP contribution in [0.5, 0.6) is 11.5 Å². The fourth-order valence-electron chi connectivity index (χ4n) is 1.32. The number of ether oxygens (including phenoxy) is 1. The summed E-state index contributed by atoms with van der Waals surface area (Å²) in [7, 11) is 1.54. The molecule has 2 aromatic carbocycles. The Morgan fingerprint density at radius 2 is 1.76 bits per heavy atom. The highest BCUT2D eigenvalue weighted by Gasteiger charge is 2.01. The molecule has 0 heterocycles. The van der Waals surface area contributed by atoms with Crippen molar-refractivity contribution in [2.24, 2.45) is 10.2 Å². The van der Waals surface area contributed by atoms with Gasteiger partial charge >= 0.3 is 0 Å². The largest absolute Gasteiger partial charge is 0.505 e. The van der Waals surface area contributed by atoms with E-state index in [9.17, 15) is 5.11 Å². The first-order chi connectivity index (χ1) is 8.29. The van der Waals surface area contributed by atoms with Crippen molar-refractivity contribution in [1.82, 2.24) is 0 Å². The molecular formula is C13H12N2O2. The van der Waals surface area contributed by atoms with E-state index in [1.165, 1.54) is 6.07 Å². The summed E-state index contributed by atoms with van der Waals surface area (Å²) in [4.78, 5) is 0. The van der Waals surface area contributed by atoms with Gasteiger partial charge in [0.25, 0.3) is 0 Å². The van der Waals surface area contributed by atoms with Crippen LogP contribution in [0.2, 0.25) is 0 Å². The van der Waals surface area contributed by atoms with Gasteiger partial charge in [-0.2, -0.15) is 5.11 Å². The van der Waals surface area contributed by atoms with Crippen LogP contribution in [0.1, 0.15) is 0 Å². The number of benzene rings is 2. The molecule has 0 radical (unpaired) electrons. The number of methoxy groups -OCH3 is 1. The number of rotatable bonds is 3. The first-order valence-electron chi connectivity index (χ1n) is 5.13. The Hall–Kier alpha value is -2.36. The molecule has 0 bridgehead atoms. The Kier molecular flexibility index (Phi) is 3.35. The van der Waals surface area contributed by atoms with Crippen LogP contribution >= 0.6 is 0 Å². The second-order valence-corrected chi connectivity index (χ2v) is 3.39. The zero-order chi connectivity index (χ0) is 12.1. The maximum absolute atomic E-state index is 9.67. The van der Waals surface area contributed by atoms with Crippen LogP contribution in [0, 0.1) is 0 Å². The van der Waals surface area contributed by atoms with Crippen LogP contribution in [0.25, 0.3) is 0 Å². The SMILES string of the molecule is COc1ccc(/N=N/c2ccccc2)c(O)c1. The zero-order valence-corrected chi connectivity index (χ0v) is 9.37. The molecule has 0 aliphatic carbocycles. The number of azo groups is 1. The molecule has 2 aromatic rings. The van der Waals surface area contributed by atoms with Gasteiger partial charge in [-0.3, -0.25) is 0 Å². The lowest BCUT2D eigenvalue weighted by atomic mass is 10.3. The highest BCUT2D eigenvalue weighted by atomic mass is 16.5. The summed E-state index contributed by atoms with van der Waals surface area (Å²) >= 11 is 0. The van der Waals surface area contributed by atoms with Crippen LogP contribution in [-0.4, -0.2) is 12.2 Å². The van der Waals surface area contributed by atoms with E-state index >= 15 is 0 Å². The molecule has 2 rings (SSSR count). The minimum Gasteiger partial charge on any atom is -0.505 e. The van der Waals surface area contributed by atoms with Crippen molar-refractivity contribution in [1.29, 1.82) is 0 Å². The zero-order valence-electron chi connectivity index (χ0n) is 9.37. The first-order valence-corrected chi connectivity index (χ1v) is 5.13. The lowest BCUT2D eigenvalue weighted by molar-refractivity contribution is 0.408. The van der Waals surface area contributed by atoms with E-state index in [0.29, 0.717) is 11.4 Å². The van der Waals surface area contributed by atoms with E-state index in [2.05, 4.69) is 10.2 Å². The molecule has 0 aliphatic rings. The van der Waals surface area contributed by atoms with Gasteiger partial charge in [-0.05, 0) is 24.3 Å². The monoisotopic (exact) mass is 228 g/mol. The van der Waals surface area contributed by atoms with Gasteiger partial charge in [0.2, 0.25) is 0 Å². The van der Waals surface area contributed by atoms with E-state index in [1.54, 1.807) is 19.2 Å². The summed E-state index contributed by atoms with van der Waals surface area (Å²) < 4.78 is 4.98. The minimum absolute atomic E-state index is 0.0454. The van der Waals surface area contributed by atoms with Crippen LogP contribution in [-0.2, 0) is 0 Å². The average molecular weight is 228 g/mol. The fraction of sp³-hybridized carbons (Fsp3) is 0.0769. The van der Waals surface area contributed by atoms with Crippen LogP contribution in [0.3, 0.4) is 0 Å². The molecule has 17 heavy (non-hydrogen) atoms. The van der Waals surface area contributed by atoms with Gasteiger partial charge in [0.05, 0.1) is 12.8 Å². The van der Waals surface area contributed by atoms with Crippen molar-refractivity contribution in [3.05, 3.63) is 48.5 Å². The Bertz CT molecular complexity index is 524. The van der Waals surface area contributed by atoms with E-state index in [4.69, 9.17) is 4.74 Å². The number of aromatic hydroxyl groups is 1. The highest BCUT2D eigenvalue weighted by Crippen LogP contribution is 2.31. The number of phenolic OH excluding ortho intramolecular Hbond substituents is 1. The second-order valence-electron chi connectivity index (χ2n) is 3.39. The predicted octanol–water partition coefficient (Wildman–Crippen LogP) is 3.82. The number of hydrogen-bond donors (Lipinski definition) is 1. The molecule has 0 saturated carbocycles. The van der Waals surface area contributed by atoms with Gasteiger partial charge < -0.3 is 9.84 Å². The molecule has 86 valence electrons. The Balaban J connectivity index is 2.22. The predicted molar refractivity (Wildman–Crippen MR) is 65.3 cm³/mol. The normalized spacial score (nSPS) is 10.6. The molecule has 0 aromatic heterocycles. The highest BCUT2D eigenvalue weighted by molar-refractivity contribution is 5.54. The van der Waals surface area contributed by atoms with E-state index in [-0.39, 0.29) is 5.75 Å². The minimum atomic E-state index is 0.0454. The van der Waals surface area contributed by atoms with Crippen LogP contribution < -0.4 is 4.74 Å². The fourth-order valence-corrected chi connectivity index (χ4v) is 1.32. The van der Waals surface area contributed by atoms with Crippen molar-refractivity contribution >= 4 is 11.4 Å². The summed E-state index contributed by atoms with van der Waals surface area (Å²) in [5.74, 6) is 0.630. The Morgan fingerprint density at radius 3 is 2.41 bits per heavy atom. The molecule has 4 nitrogen and oxygen atoms in total. The maximum Gasteiger partial charge on any atom is 0.146 e. The molecule has 0 saturated heterocycles. The van der Waals surface area contributed by atoms with E-state index in [0.717, 1.165) is 5.69 Å². The summed E-state index contributed by atoms with van der Waals surface area (Å²) in [6.07, 6.45) is 0. The van der Waals surface area contributed by atoms with Crippen molar-refractivity contribution in [2.45, 2.75) is 0 Å². The Labute approximate surface area is 99.2 Å². The quantitative estimate of drug-likeness (QED) is 0.812. The van der Waals surface area contributed by atoms with Gasteiger partial charge in [0.15, 0.2) is 0 Å². The number of phenols is 1. The molecule has 1 N–H and O–H groups in total. The maximum atomic E-state index is 9.67. The molecule has 0 amide bonds. The van der Waals surface area contributed by atoms with Crippen molar-refractivity contribution in [2.75, 3.05) is 7.11 Å². The van der Waals surface area contributed by atoms with Gasteiger partial charge in [-0.25, -0.2) is 0 Å². The standard InChI is InChI=1S/C13H12N2O2/c1-17-11-7-8-12(13(16)9-11)15-14-10-5-3-2-4-6-10/h2-9,16H,1H3/b15-14+. The Morgan fingerprint density at radius 1 is 1.00 bits per heavy atom. The van der Waals surface area contributed by atoms with Crippen molar-refractivity contribution in [3.8, 4) is 11.5 Å². The van der Waals surface area contributed by atoms with E-state index < -0.39 is 0 Å². The van der Waals surface area contributed by atoms with Gasteiger partial charge in [0.1, 0.15) is 17.2 Å². The average Bonchev–Trinajstić information content (AvgIpc) is 2.38. The second kappa shape index (κ2) is 5.12. The molecule has 0 aliphatic heterocycles. The van der Waals surface area contributed by atoms with Gasteiger partial charge in [-0.1, -0.05) is 18.2 Å². The summed E-state index contributed by atoms with van der Waals surface area (Å²) in [5.41, 5.74) is 1.15. The molecule has 0 spiro atoms. The molecule has 0 atom stereocenters. The van der Waals surface area contributed by atoms with E-state index in [1.807, 2.05) is 30.3 Å². The van der Waals surface area contributed by atoms with Crippen LogP contribution in [0.4, 0.5) is 11.4 Å². The molecule has 0 unspecified atom stereocenters. The van der Waals surface area contributed by atoms with Crippen LogP contribution in [0.15, 0.2) is 58.8 Å². The van der Waals surface area contributed by atoms with Gasteiger partial charge in [0, 0.05) is 6.07 Å². The number of nitrogens with zero attached hydrogens (tertiary/aromatic N) is 2. The lowest BCUT2D eigenvalue weighted by Gasteiger charge is -2.01. The third kappa shape index (κ3) is 2.81. The van der Waals surface area contributed by atoms with Gasteiger partial charge in [-0.15, -0.1) is 5.11 Å². The first kappa shape index (κ1) is 11.1. The lowest BCUT2D eigenvalue weighted by Crippen LogP contribution is -1.80. The van der Waals surface area contributed by atoms with Crippen molar-refractivity contribution < 1.29 is 9.84 Å². The smallest absolute Gasteiger partial charge is 0.146 e. The molecular weight excluding hydrogens is 216 g/mol. The molecule has 0 fully saturated rings. The summed E-state index contributed by atoms with van der Waals surface area (Å²) in [5, 5.41) is 17.7. The third-order valence-electron chi connectivity index (χ3n) is 2.21. The number of hydrogen-bond acceptors (Lipinski definition) is 4. The van der Waals surface area contributed by atoms with Crippen molar-refractivity contribution in [3.63, 3.8) is 0 Å². The summed E-state index contributed by atoms with van der Waals surface area (Å²) in [6.45, 7) is 0.